The average molecular weight is 219 g/mol. The maximum Gasteiger partial charge on any atom is 0.239 e. The summed E-state index contributed by atoms with van der Waals surface area (Å²) in [6, 6.07) is 7.15. The molecule has 0 fully saturated rings. The lowest BCUT2D eigenvalue weighted by Gasteiger charge is -2.03. The van der Waals surface area contributed by atoms with E-state index >= 15 is 0 Å². The second-order valence-corrected chi connectivity index (χ2v) is 3.01. The van der Waals surface area contributed by atoms with Gasteiger partial charge in [0.1, 0.15) is 0 Å². The van der Waals surface area contributed by atoms with Crippen LogP contribution >= 0.6 is 23.4 Å². The lowest BCUT2D eigenvalue weighted by Crippen LogP contribution is -2.31. The number of amides is 1. The Balaban J connectivity index is 2.63. The van der Waals surface area contributed by atoms with Gasteiger partial charge in [-0.2, -0.15) is 0 Å². The topological polar surface area (TPSA) is 41.1 Å². The Morgan fingerprint density at radius 2 is 2.08 bits per heavy atom. The quantitative estimate of drug-likeness (QED) is 0.599. The maximum atomic E-state index is 11.0. The van der Waals surface area contributed by atoms with Gasteiger partial charge in [-0.25, -0.2) is 0 Å². The number of rotatable bonds is 3. The molecule has 1 aromatic carbocycles. The van der Waals surface area contributed by atoms with E-state index in [1.807, 2.05) is 17.1 Å². The Morgan fingerprint density at radius 3 is 2.69 bits per heavy atom. The first-order valence-corrected chi connectivity index (χ1v) is 4.37. The molecule has 0 saturated carbocycles. The number of benzene rings is 1. The Bertz CT molecular complexity index is 304. The minimum absolute atomic E-state index is 0.208. The minimum Gasteiger partial charge on any atom is -0.277 e. The van der Waals surface area contributed by atoms with Gasteiger partial charge in [0.2, 0.25) is 5.91 Å². The third-order valence-corrected chi connectivity index (χ3v) is 1.96. The molecule has 2 N–H and O–H groups in total. The molecule has 1 aromatic rings. The van der Waals surface area contributed by atoms with Crippen molar-refractivity contribution < 1.29 is 4.79 Å². The van der Waals surface area contributed by atoms with Crippen LogP contribution in [0.3, 0.4) is 0 Å². The molecule has 13 heavy (non-hydrogen) atoms. The van der Waals surface area contributed by atoms with Crippen molar-refractivity contribution in [1.29, 1.82) is 0 Å². The Morgan fingerprint density at radius 1 is 1.38 bits per heavy atom. The smallest absolute Gasteiger partial charge is 0.239 e. The highest BCUT2D eigenvalue weighted by atomic mass is 35.5. The molecule has 5 heteroatoms. The summed E-state index contributed by atoms with van der Waals surface area (Å²) < 4.78 is 0. The van der Waals surface area contributed by atoms with Crippen LogP contribution in [0.25, 0.3) is 0 Å². The molecule has 0 aliphatic heterocycles. The van der Waals surface area contributed by atoms with Crippen molar-refractivity contribution in [2.75, 3.05) is 0 Å². The molecule has 0 saturated heterocycles. The van der Waals surface area contributed by atoms with Crippen LogP contribution in [0, 0.1) is 0 Å². The largest absolute Gasteiger partial charge is 0.277 e. The van der Waals surface area contributed by atoms with Crippen molar-refractivity contribution in [2.24, 2.45) is 0 Å². The second kappa shape index (κ2) is 5.07. The van der Waals surface area contributed by atoms with Gasteiger partial charge in [-0.1, -0.05) is 29.8 Å². The summed E-state index contributed by atoms with van der Waals surface area (Å²) in [6.45, 7) is 0. The summed E-state index contributed by atoms with van der Waals surface area (Å²) in [5.74, 6) is -0.233. The number of hydrogen-bond donors (Lipinski definition) is 2. The molecule has 0 aliphatic carbocycles. The van der Waals surface area contributed by atoms with Crippen molar-refractivity contribution in [3.8, 4) is 0 Å². The van der Waals surface area contributed by atoms with Crippen LogP contribution in [0.2, 0.25) is 5.02 Å². The van der Waals surface area contributed by atoms with Crippen LogP contribution in [-0.4, -0.2) is 5.91 Å². The fourth-order valence-electron chi connectivity index (χ4n) is 0.912. The summed E-state index contributed by atoms with van der Waals surface area (Å²) in [5, 5.41) is 0.576. The monoisotopic (exact) mass is 218 g/mol. The third-order valence-electron chi connectivity index (χ3n) is 1.50. The van der Waals surface area contributed by atoms with Gasteiger partial charge >= 0.3 is 0 Å². The molecule has 70 valence electrons. The normalized spacial score (nSPS) is 9.69. The highest BCUT2D eigenvalue weighted by Crippen LogP contribution is 2.14. The summed E-state index contributed by atoms with van der Waals surface area (Å²) in [7, 11) is 0. The lowest BCUT2D eigenvalue weighted by molar-refractivity contribution is -0.120. The molecule has 1 rings (SSSR count). The Labute approximate surface area is 86.1 Å². The molecule has 0 unspecified atom stereocenters. The fraction of sp³-hybridized carbons (Fsp3) is 0.125. The molecule has 1 amide bonds. The first-order chi connectivity index (χ1) is 6.24. The standard InChI is InChI=1S/C8H8Cl2N2O/c9-7-4-2-1-3-6(7)5-8(13)11-12-10/h1-4,12H,5H2,(H,11,13). The van der Waals surface area contributed by atoms with Gasteiger partial charge in [0.05, 0.1) is 6.42 Å². The minimum atomic E-state index is -0.233. The molecule has 0 radical (unpaired) electrons. The van der Waals surface area contributed by atoms with E-state index in [-0.39, 0.29) is 12.3 Å². The van der Waals surface area contributed by atoms with E-state index in [9.17, 15) is 4.79 Å². The highest BCUT2D eigenvalue weighted by Gasteiger charge is 2.04. The highest BCUT2D eigenvalue weighted by molar-refractivity contribution is 6.31. The molecule has 0 aliphatic rings. The summed E-state index contributed by atoms with van der Waals surface area (Å²) in [6.07, 6.45) is 0.208. The van der Waals surface area contributed by atoms with E-state index in [4.69, 9.17) is 23.4 Å². The van der Waals surface area contributed by atoms with Crippen LogP contribution in [0.15, 0.2) is 24.3 Å². The van der Waals surface area contributed by atoms with Gasteiger partial charge in [0.25, 0.3) is 0 Å². The zero-order valence-corrected chi connectivity index (χ0v) is 8.19. The van der Waals surface area contributed by atoms with Gasteiger partial charge in [-0.3, -0.25) is 10.2 Å². The fourth-order valence-corrected chi connectivity index (χ4v) is 1.22. The zero-order valence-electron chi connectivity index (χ0n) is 6.68. The SMILES string of the molecule is O=C(Cc1ccccc1Cl)NNCl. The van der Waals surface area contributed by atoms with E-state index in [1.165, 1.54) is 0 Å². The zero-order chi connectivity index (χ0) is 9.68. The summed E-state index contributed by atoms with van der Waals surface area (Å²) in [5.41, 5.74) is 3.01. The van der Waals surface area contributed by atoms with Gasteiger partial charge in [-0.05, 0) is 23.4 Å². The van der Waals surface area contributed by atoms with E-state index in [0.29, 0.717) is 5.02 Å². The first-order valence-electron chi connectivity index (χ1n) is 3.62. The van der Waals surface area contributed by atoms with Crippen LogP contribution in [0.5, 0.6) is 0 Å². The van der Waals surface area contributed by atoms with Gasteiger partial charge in [0.15, 0.2) is 0 Å². The maximum absolute atomic E-state index is 11.0. The second-order valence-electron chi connectivity index (χ2n) is 2.41. The Kier molecular flexibility index (Phi) is 4.02. The van der Waals surface area contributed by atoms with Crippen LogP contribution in [0.1, 0.15) is 5.56 Å². The number of hydrazine groups is 1. The van der Waals surface area contributed by atoms with E-state index in [2.05, 4.69) is 5.43 Å². The molecule has 0 atom stereocenters. The van der Waals surface area contributed by atoms with Crippen molar-refractivity contribution in [3.05, 3.63) is 34.9 Å². The van der Waals surface area contributed by atoms with Crippen molar-refractivity contribution in [3.63, 3.8) is 0 Å². The van der Waals surface area contributed by atoms with E-state index in [1.54, 1.807) is 12.1 Å². The molecule has 0 bridgehead atoms. The average Bonchev–Trinajstić information content (AvgIpc) is 2.09. The van der Waals surface area contributed by atoms with Crippen molar-refractivity contribution in [2.45, 2.75) is 6.42 Å². The summed E-state index contributed by atoms with van der Waals surface area (Å²) in [4.78, 5) is 13.1. The summed E-state index contributed by atoms with van der Waals surface area (Å²) >= 11 is 10.9. The van der Waals surface area contributed by atoms with E-state index in [0.717, 1.165) is 5.56 Å². The molecular formula is C8H8Cl2N2O. The first kappa shape index (κ1) is 10.3. The number of halogens is 2. The van der Waals surface area contributed by atoms with Crippen LogP contribution in [0.4, 0.5) is 0 Å². The molecule has 0 aromatic heterocycles. The van der Waals surface area contributed by atoms with E-state index < -0.39 is 0 Å². The molecule has 3 nitrogen and oxygen atoms in total. The van der Waals surface area contributed by atoms with Gasteiger partial charge in [0, 0.05) is 5.02 Å². The van der Waals surface area contributed by atoms with Crippen molar-refractivity contribution in [1.82, 2.24) is 10.4 Å². The third kappa shape index (κ3) is 3.22. The lowest BCUT2D eigenvalue weighted by atomic mass is 10.1. The van der Waals surface area contributed by atoms with Crippen LogP contribution < -0.4 is 10.4 Å². The van der Waals surface area contributed by atoms with Gasteiger partial charge < -0.3 is 0 Å². The predicted molar refractivity (Wildman–Crippen MR) is 52.3 cm³/mol. The molecular weight excluding hydrogens is 211 g/mol. The Hall–Kier alpha value is -0.770. The molecule has 0 spiro atoms. The number of nitrogens with one attached hydrogen (secondary N) is 2. The van der Waals surface area contributed by atoms with Crippen LogP contribution in [-0.2, 0) is 11.2 Å². The molecule has 0 heterocycles. The van der Waals surface area contributed by atoms with Crippen molar-refractivity contribution >= 4 is 29.3 Å². The number of carbonyl (C=O) groups excluding carboxylic acids is 1. The predicted octanol–water partition coefficient (Wildman–Crippen LogP) is 1.66. The number of hydrogen-bond acceptors (Lipinski definition) is 2. The number of carbonyl (C=O) groups is 1. The van der Waals surface area contributed by atoms with Gasteiger partial charge in [-0.15, -0.1) is 4.94 Å².